The van der Waals surface area contributed by atoms with Crippen LogP contribution in [-0.4, -0.2) is 9.97 Å². The van der Waals surface area contributed by atoms with Crippen molar-refractivity contribution in [3.8, 4) is 17.2 Å². The lowest BCUT2D eigenvalue weighted by atomic mass is 10.0. The maximum atomic E-state index is 9.58. The highest BCUT2D eigenvalue weighted by Crippen LogP contribution is 2.36. The van der Waals surface area contributed by atoms with Gasteiger partial charge in [0.1, 0.15) is 6.07 Å². The van der Waals surface area contributed by atoms with Crippen LogP contribution in [0.5, 0.6) is 0 Å². The van der Waals surface area contributed by atoms with Crippen molar-refractivity contribution in [2.45, 2.75) is 6.92 Å². The molecule has 0 bridgehead atoms. The molecule has 0 saturated heterocycles. The summed E-state index contributed by atoms with van der Waals surface area (Å²) in [7, 11) is 0. The Morgan fingerprint density at radius 3 is 2.73 bits per heavy atom. The van der Waals surface area contributed by atoms with Crippen molar-refractivity contribution in [2.24, 2.45) is 0 Å². The second kappa shape index (κ2) is 6.26. The number of nitrogens with zero attached hydrogens (tertiary/aromatic N) is 2. The molecular weight excluding hydrogens is 322 g/mol. The van der Waals surface area contributed by atoms with Gasteiger partial charge in [0.05, 0.1) is 11.3 Å². The number of hydrogen-bond donors (Lipinski definition) is 3. The molecule has 0 amide bonds. The number of pyridine rings is 1. The maximum Gasteiger partial charge on any atom is 0.103 e. The molecule has 2 aromatic carbocycles. The number of benzene rings is 2. The van der Waals surface area contributed by atoms with Crippen LogP contribution >= 0.6 is 0 Å². The fraction of sp³-hybridized carbons (Fsp3) is 0.0476. The molecule has 4 rings (SSSR count). The van der Waals surface area contributed by atoms with E-state index in [4.69, 9.17) is 5.73 Å². The van der Waals surface area contributed by atoms with Gasteiger partial charge in [-0.1, -0.05) is 18.2 Å². The molecule has 0 aliphatic heterocycles. The van der Waals surface area contributed by atoms with Crippen LogP contribution in [0.25, 0.3) is 22.0 Å². The molecule has 0 aliphatic carbocycles. The topological polar surface area (TPSA) is 90.5 Å². The van der Waals surface area contributed by atoms with Gasteiger partial charge in [0, 0.05) is 52.0 Å². The van der Waals surface area contributed by atoms with Gasteiger partial charge in [0.25, 0.3) is 0 Å². The minimum Gasteiger partial charge on any atom is -0.398 e. The molecule has 126 valence electrons. The summed E-state index contributed by atoms with van der Waals surface area (Å²) in [6.45, 7) is 2.06. The predicted octanol–water partition coefficient (Wildman–Crippen LogP) is 4.74. The van der Waals surface area contributed by atoms with Gasteiger partial charge in [-0.05, 0) is 36.8 Å². The van der Waals surface area contributed by atoms with E-state index >= 15 is 0 Å². The molecule has 0 unspecified atom stereocenters. The highest BCUT2D eigenvalue weighted by atomic mass is 14.9. The Morgan fingerprint density at radius 1 is 1.08 bits per heavy atom. The number of H-pyrrole nitrogens is 1. The lowest BCUT2D eigenvalue weighted by Crippen LogP contribution is -2.01. The first-order valence-electron chi connectivity index (χ1n) is 8.25. The average Bonchev–Trinajstić information content (AvgIpc) is 3.14. The van der Waals surface area contributed by atoms with Crippen molar-refractivity contribution in [1.29, 1.82) is 5.26 Å². The monoisotopic (exact) mass is 339 g/mol. The van der Waals surface area contributed by atoms with Crippen LogP contribution in [0.15, 0.2) is 61.1 Å². The summed E-state index contributed by atoms with van der Waals surface area (Å²) < 4.78 is 0. The number of nitrogens with two attached hydrogens (primary N) is 1. The van der Waals surface area contributed by atoms with Gasteiger partial charge in [-0.3, -0.25) is 4.98 Å². The second-order valence-electron chi connectivity index (χ2n) is 6.11. The highest BCUT2D eigenvalue weighted by Gasteiger charge is 2.15. The van der Waals surface area contributed by atoms with Crippen LogP contribution in [0, 0.1) is 18.3 Å². The predicted molar refractivity (Wildman–Crippen MR) is 105 cm³/mol. The van der Waals surface area contributed by atoms with Crippen molar-refractivity contribution < 1.29 is 0 Å². The van der Waals surface area contributed by atoms with Crippen LogP contribution in [0.1, 0.15) is 11.1 Å². The van der Waals surface area contributed by atoms with Gasteiger partial charge in [0.15, 0.2) is 0 Å². The molecule has 4 aromatic rings. The number of anilines is 3. The summed E-state index contributed by atoms with van der Waals surface area (Å²) in [4.78, 5) is 7.43. The van der Waals surface area contributed by atoms with Crippen LogP contribution in [0.2, 0.25) is 0 Å². The first-order chi connectivity index (χ1) is 12.7. The lowest BCUT2D eigenvalue weighted by molar-refractivity contribution is 1.29. The number of nitrogens with one attached hydrogen (secondary N) is 2. The molecule has 0 atom stereocenters. The van der Waals surface area contributed by atoms with Gasteiger partial charge in [-0.25, -0.2) is 0 Å². The van der Waals surface area contributed by atoms with Gasteiger partial charge in [0.2, 0.25) is 0 Å². The number of aromatic nitrogens is 2. The summed E-state index contributed by atoms with van der Waals surface area (Å²) in [5.74, 6) is 0. The zero-order valence-electron chi connectivity index (χ0n) is 14.2. The Hall–Kier alpha value is -3.78. The van der Waals surface area contributed by atoms with Crippen LogP contribution in [0.4, 0.5) is 17.1 Å². The minimum absolute atomic E-state index is 0.472. The number of aryl methyl sites for hydroxylation is 1. The van der Waals surface area contributed by atoms with Gasteiger partial charge < -0.3 is 16.0 Å². The molecule has 0 aliphatic rings. The van der Waals surface area contributed by atoms with E-state index in [9.17, 15) is 5.26 Å². The van der Waals surface area contributed by atoms with Crippen molar-refractivity contribution in [1.82, 2.24) is 9.97 Å². The maximum absolute atomic E-state index is 9.58. The van der Waals surface area contributed by atoms with E-state index in [1.165, 1.54) is 0 Å². The summed E-state index contributed by atoms with van der Waals surface area (Å²) in [5, 5.41) is 14.2. The highest BCUT2D eigenvalue weighted by molar-refractivity contribution is 5.93. The molecule has 0 saturated carbocycles. The number of rotatable bonds is 3. The number of para-hydroxylation sites is 1. The normalized spacial score (nSPS) is 10.6. The summed E-state index contributed by atoms with van der Waals surface area (Å²) in [6, 6.07) is 15.9. The van der Waals surface area contributed by atoms with Crippen molar-refractivity contribution in [3.63, 3.8) is 0 Å². The van der Waals surface area contributed by atoms with E-state index in [0.29, 0.717) is 16.9 Å². The first kappa shape index (κ1) is 15.7. The van der Waals surface area contributed by atoms with Crippen molar-refractivity contribution in [3.05, 3.63) is 72.2 Å². The molecule has 4 N–H and O–H groups in total. The average molecular weight is 339 g/mol. The van der Waals surface area contributed by atoms with Gasteiger partial charge in [-0.15, -0.1) is 0 Å². The standard InChI is InChI=1S/C21H17N5/c1-13-15-8-9-25-20(15)7-6-19(13)26-21-14(10-22)11-24-12-17(21)16-4-2-3-5-18(16)23/h2-9,11-12,25H,23H2,1H3,(H,24,26). The zero-order chi connectivity index (χ0) is 18.1. The van der Waals surface area contributed by atoms with Crippen LogP contribution < -0.4 is 11.1 Å². The van der Waals surface area contributed by atoms with Gasteiger partial charge in [-0.2, -0.15) is 5.26 Å². The van der Waals surface area contributed by atoms with E-state index in [2.05, 4.69) is 28.3 Å². The molecular formula is C21H17N5. The third-order valence-electron chi connectivity index (χ3n) is 4.58. The number of aromatic amines is 1. The number of nitrogen functional groups attached to an aromatic ring is 1. The molecule has 2 heterocycles. The Morgan fingerprint density at radius 2 is 1.92 bits per heavy atom. The molecule has 2 aromatic heterocycles. The minimum atomic E-state index is 0.472. The SMILES string of the molecule is Cc1c(Nc2c(C#N)cncc2-c2ccccc2N)ccc2[nH]ccc12. The number of hydrogen-bond acceptors (Lipinski definition) is 4. The molecule has 26 heavy (non-hydrogen) atoms. The third kappa shape index (κ3) is 2.54. The smallest absolute Gasteiger partial charge is 0.103 e. The van der Waals surface area contributed by atoms with Crippen LogP contribution in [-0.2, 0) is 0 Å². The summed E-state index contributed by atoms with van der Waals surface area (Å²) >= 11 is 0. The van der Waals surface area contributed by atoms with E-state index in [-0.39, 0.29) is 0 Å². The Bertz CT molecular complexity index is 1150. The van der Waals surface area contributed by atoms with Gasteiger partial charge >= 0.3 is 0 Å². The fourth-order valence-electron chi connectivity index (χ4n) is 3.18. The fourth-order valence-corrected chi connectivity index (χ4v) is 3.18. The number of nitriles is 1. The quantitative estimate of drug-likeness (QED) is 0.470. The molecule has 0 radical (unpaired) electrons. The summed E-state index contributed by atoms with van der Waals surface area (Å²) in [5.41, 5.74) is 12.8. The van der Waals surface area contributed by atoms with E-state index in [1.807, 2.05) is 48.7 Å². The van der Waals surface area contributed by atoms with Crippen molar-refractivity contribution >= 4 is 28.0 Å². The molecule has 5 heteroatoms. The van der Waals surface area contributed by atoms with E-state index < -0.39 is 0 Å². The molecule has 5 nitrogen and oxygen atoms in total. The van der Waals surface area contributed by atoms with Crippen LogP contribution in [0.3, 0.4) is 0 Å². The largest absolute Gasteiger partial charge is 0.398 e. The van der Waals surface area contributed by atoms with E-state index in [1.54, 1.807) is 12.4 Å². The summed E-state index contributed by atoms with van der Waals surface area (Å²) in [6.07, 6.45) is 5.22. The second-order valence-corrected chi connectivity index (χ2v) is 6.11. The van der Waals surface area contributed by atoms with E-state index in [0.717, 1.165) is 33.3 Å². The molecule has 0 spiro atoms. The first-order valence-corrected chi connectivity index (χ1v) is 8.25. The zero-order valence-corrected chi connectivity index (χ0v) is 14.2. The number of fused-ring (bicyclic) bond motifs is 1. The Labute approximate surface area is 151 Å². The third-order valence-corrected chi connectivity index (χ3v) is 4.58. The lowest BCUT2D eigenvalue weighted by Gasteiger charge is -2.16. The molecule has 0 fully saturated rings. The van der Waals surface area contributed by atoms with Crippen molar-refractivity contribution in [2.75, 3.05) is 11.1 Å². The Balaban J connectivity index is 1.89. The Kier molecular flexibility index (Phi) is 3.79.